The third-order valence-electron chi connectivity index (χ3n) is 3.33. The van der Waals surface area contributed by atoms with Crippen molar-refractivity contribution in [2.45, 2.75) is 23.6 Å². The van der Waals surface area contributed by atoms with Crippen LogP contribution in [0.25, 0.3) is 0 Å². The zero-order valence-corrected chi connectivity index (χ0v) is 14.4. The van der Waals surface area contributed by atoms with Crippen molar-refractivity contribution in [3.05, 3.63) is 24.3 Å². The Labute approximate surface area is 144 Å². The second kappa shape index (κ2) is 6.98. The maximum Gasteiger partial charge on any atom is 0.214 e. The van der Waals surface area contributed by atoms with Gasteiger partial charge < -0.3 is 29.9 Å². The monoisotopic (exact) mass is 370 g/mol. The molecule has 0 saturated heterocycles. The van der Waals surface area contributed by atoms with E-state index in [0.29, 0.717) is 0 Å². The Balaban J connectivity index is 2.60. The summed E-state index contributed by atoms with van der Waals surface area (Å²) in [7, 11) is -4.44. The predicted molar refractivity (Wildman–Crippen MR) is 87.3 cm³/mol. The van der Waals surface area contributed by atoms with E-state index in [1.165, 1.54) is 12.1 Å². The van der Waals surface area contributed by atoms with Crippen molar-refractivity contribution in [3.63, 3.8) is 0 Å². The van der Waals surface area contributed by atoms with Gasteiger partial charge in [0.25, 0.3) is 0 Å². The van der Waals surface area contributed by atoms with Gasteiger partial charge in [0.2, 0.25) is 21.3 Å². The molecule has 0 unspecified atom stereocenters. The fourth-order valence-corrected chi connectivity index (χ4v) is 3.62. The molecule has 2 aromatic rings. The van der Waals surface area contributed by atoms with Gasteiger partial charge in [-0.15, -0.1) is 0 Å². The maximum absolute atomic E-state index is 12.7. The third-order valence-corrected chi connectivity index (χ3v) is 5.15. The maximum atomic E-state index is 12.7. The number of hydrogen-bond donors (Lipinski definition) is 4. The smallest absolute Gasteiger partial charge is 0.214 e. The molecule has 2 rings (SSSR count). The van der Waals surface area contributed by atoms with Gasteiger partial charge in [-0.3, -0.25) is 0 Å². The van der Waals surface area contributed by atoms with E-state index in [-0.39, 0.29) is 24.7 Å². The quantitative estimate of drug-likeness (QED) is 0.568. The van der Waals surface area contributed by atoms with E-state index in [9.17, 15) is 28.8 Å². The highest BCUT2D eigenvalue weighted by molar-refractivity contribution is 7.91. The lowest BCUT2D eigenvalue weighted by atomic mass is 10.3. The molecule has 9 heteroatoms. The van der Waals surface area contributed by atoms with Crippen molar-refractivity contribution in [1.29, 1.82) is 0 Å². The Morgan fingerprint density at radius 1 is 0.720 bits per heavy atom. The molecule has 0 aromatic heterocycles. The molecule has 0 saturated carbocycles. The molecule has 2 aromatic carbocycles. The van der Waals surface area contributed by atoms with Gasteiger partial charge in [-0.25, -0.2) is 8.42 Å². The Bertz CT molecular complexity index is 822. The van der Waals surface area contributed by atoms with Gasteiger partial charge in [0.15, 0.2) is 23.0 Å². The van der Waals surface area contributed by atoms with Crippen LogP contribution >= 0.6 is 0 Å². The van der Waals surface area contributed by atoms with Crippen molar-refractivity contribution in [2.24, 2.45) is 0 Å². The molecule has 0 bridgehead atoms. The molecule has 0 spiro atoms. The van der Waals surface area contributed by atoms with Crippen molar-refractivity contribution >= 4 is 9.84 Å². The van der Waals surface area contributed by atoms with Crippen LogP contribution in [0, 0.1) is 0 Å². The summed E-state index contributed by atoms with van der Waals surface area (Å²) in [5.74, 6) is -3.48. The van der Waals surface area contributed by atoms with E-state index in [4.69, 9.17) is 9.47 Å². The van der Waals surface area contributed by atoms with Crippen molar-refractivity contribution in [1.82, 2.24) is 0 Å². The zero-order chi connectivity index (χ0) is 18.8. The number of sulfone groups is 1. The topological polar surface area (TPSA) is 134 Å². The standard InChI is InChI=1S/C16H18O8S/c1-3-23-9-5-7-11(15(19)13(9)17)25(21,22)12-8-6-10(24-4-2)14(18)16(12)20/h5-8,17-20H,3-4H2,1-2H3. The van der Waals surface area contributed by atoms with Crippen LogP contribution in [0.1, 0.15) is 13.8 Å². The van der Waals surface area contributed by atoms with Crippen LogP contribution in [-0.2, 0) is 9.84 Å². The van der Waals surface area contributed by atoms with Crippen molar-refractivity contribution in [3.8, 4) is 34.5 Å². The van der Waals surface area contributed by atoms with Gasteiger partial charge in [0, 0.05) is 0 Å². The lowest BCUT2D eigenvalue weighted by molar-refractivity contribution is 0.305. The minimum Gasteiger partial charge on any atom is -0.503 e. The average Bonchev–Trinajstić information content (AvgIpc) is 2.56. The first-order chi connectivity index (χ1) is 11.8. The number of aromatic hydroxyl groups is 4. The minimum absolute atomic E-state index is 0.0855. The molecular formula is C16H18O8S. The Hall–Kier alpha value is -2.81. The lowest BCUT2D eigenvalue weighted by Crippen LogP contribution is -2.04. The number of phenols is 4. The molecule has 8 nitrogen and oxygen atoms in total. The second-order valence-corrected chi connectivity index (χ2v) is 6.77. The average molecular weight is 370 g/mol. The lowest BCUT2D eigenvalue weighted by Gasteiger charge is -2.14. The van der Waals surface area contributed by atoms with E-state index in [2.05, 4.69) is 0 Å². The normalized spacial score (nSPS) is 11.3. The molecule has 0 fully saturated rings. The summed E-state index contributed by atoms with van der Waals surface area (Å²) >= 11 is 0. The Morgan fingerprint density at radius 3 is 1.40 bits per heavy atom. The van der Waals surface area contributed by atoms with Gasteiger partial charge >= 0.3 is 0 Å². The summed E-state index contributed by atoms with van der Waals surface area (Å²) in [4.78, 5) is -1.29. The molecule has 0 aliphatic carbocycles. The number of benzene rings is 2. The van der Waals surface area contributed by atoms with Gasteiger partial charge in [0.1, 0.15) is 9.79 Å². The zero-order valence-electron chi connectivity index (χ0n) is 13.6. The first-order valence-electron chi connectivity index (χ1n) is 7.36. The minimum atomic E-state index is -4.44. The van der Waals surface area contributed by atoms with Crippen molar-refractivity contribution in [2.75, 3.05) is 13.2 Å². The van der Waals surface area contributed by atoms with E-state index >= 15 is 0 Å². The Kier molecular flexibility index (Phi) is 5.17. The summed E-state index contributed by atoms with van der Waals surface area (Å²) in [5, 5.41) is 39.8. The number of ether oxygens (including phenoxy) is 2. The van der Waals surface area contributed by atoms with Crippen molar-refractivity contribution < 1.29 is 38.3 Å². The fourth-order valence-electron chi connectivity index (χ4n) is 2.18. The first kappa shape index (κ1) is 18.5. The first-order valence-corrected chi connectivity index (χ1v) is 8.84. The van der Waals surface area contributed by atoms with Crippen LogP contribution in [0.4, 0.5) is 0 Å². The molecule has 136 valence electrons. The largest absolute Gasteiger partial charge is 0.503 e. The number of hydrogen-bond acceptors (Lipinski definition) is 8. The van der Waals surface area contributed by atoms with E-state index in [0.717, 1.165) is 12.1 Å². The van der Waals surface area contributed by atoms with Gasteiger partial charge in [0.05, 0.1) is 13.2 Å². The Morgan fingerprint density at radius 2 is 1.08 bits per heavy atom. The van der Waals surface area contributed by atoms with E-state index in [1.807, 2.05) is 0 Å². The molecule has 0 amide bonds. The molecule has 0 heterocycles. The van der Waals surface area contributed by atoms with Crippen LogP contribution in [0.15, 0.2) is 34.1 Å². The number of phenolic OH excluding ortho intramolecular Hbond substituents is 4. The fraction of sp³-hybridized carbons (Fsp3) is 0.250. The molecular weight excluding hydrogens is 352 g/mol. The third kappa shape index (κ3) is 3.22. The molecule has 0 aliphatic rings. The van der Waals surface area contributed by atoms with Crippen LogP contribution < -0.4 is 9.47 Å². The summed E-state index contributed by atoms with van der Waals surface area (Å²) < 4.78 is 35.5. The summed E-state index contributed by atoms with van der Waals surface area (Å²) in [6, 6.07) is 4.42. The highest BCUT2D eigenvalue weighted by atomic mass is 32.2. The summed E-state index contributed by atoms with van der Waals surface area (Å²) in [6.07, 6.45) is 0. The molecule has 0 atom stereocenters. The van der Waals surface area contributed by atoms with E-state index < -0.39 is 42.6 Å². The molecule has 4 N–H and O–H groups in total. The van der Waals surface area contributed by atoms with Gasteiger partial charge in [-0.05, 0) is 38.1 Å². The second-order valence-electron chi connectivity index (χ2n) is 4.89. The van der Waals surface area contributed by atoms with Gasteiger partial charge in [-0.2, -0.15) is 0 Å². The van der Waals surface area contributed by atoms with Crippen LogP contribution in [-0.4, -0.2) is 42.1 Å². The molecule has 0 aliphatic heterocycles. The van der Waals surface area contributed by atoms with Crippen LogP contribution in [0.5, 0.6) is 34.5 Å². The summed E-state index contributed by atoms with van der Waals surface area (Å²) in [5.41, 5.74) is 0. The number of rotatable bonds is 6. The van der Waals surface area contributed by atoms with Crippen LogP contribution in [0.3, 0.4) is 0 Å². The van der Waals surface area contributed by atoms with Gasteiger partial charge in [-0.1, -0.05) is 0 Å². The molecule has 25 heavy (non-hydrogen) atoms. The SMILES string of the molecule is CCOc1ccc(S(=O)(=O)c2ccc(OCC)c(O)c2O)c(O)c1O. The highest BCUT2D eigenvalue weighted by Crippen LogP contribution is 2.46. The highest BCUT2D eigenvalue weighted by Gasteiger charge is 2.30. The summed E-state index contributed by atoms with van der Waals surface area (Å²) in [6.45, 7) is 3.71. The van der Waals surface area contributed by atoms with Crippen LogP contribution in [0.2, 0.25) is 0 Å². The predicted octanol–water partition coefficient (Wildman–Crippen LogP) is 2.14. The van der Waals surface area contributed by atoms with E-state index in [1.54, 1.807) is 13.8 Å². The molecule has 0 radical (unpaired) electrons.